The smallest absolute Gasteiger partial charge is 0.0918 e. The fraction of sp³-hybridized carbons (Fsp3) is 0.600. The first-order valence-electron chi connectivity index (χ1n) is 6.71. The fourth-order valence-corrected chi connectivity index (χ4v) is 3.51. The average molecular weight is 395 g/mol. The maximum absolute atomic E-state index is 6.28. The van der Waals surface area contributed by atoms with E-state index >= 15 is 0 Å². The molecule has 2 rings (SSSR count). The summed E-state index contributed by atoms with van der Waals surface area (Å²) in [6.45, 7) is 4.23. The van der Waals surface area contributed by atoms with Crippen molar-refractivity contribution >= 4 is 34.2 Å². The first-order chi connectivity index (χ1) is 9.08. The molecule has 106 valence electrons. The van der Waals surface area contributed by atoms with Gasteiger partial charge in [-0.15, -0.1) is 0 Å². The van der Waals surface area contributed by atoms with E-state index in [2.05, 4.69) is 42.5 Å². The number of hydrogen-bond donors (Lipinski definition) is 0. The molecule has 0 bridgehead atoms. The van der Waals surface area contributed by atoms with E-state index in [0.29, 0.717) is 0 Å². The number of ether oxygens (including phenoxy) is 2. The second-order valence-electron chi connectivity index (χ2n) is 5.18. The highest BCUT2D eigenvalue weighted by atomic mass is 127. The van der Waals surface area contributed by atoms with Crippen LogP contribution in [0.3, 0.4) is 0 Å². The van der Waals surface area contributed by atoms with Gasteiger partial charge < -0.3 is 9.47 Å². The Morgan fingerprint density at radius 2 is 2.05 bits per heavy atom. The third kappa shape index (κ3) is 4.59. The van der Waals surface area contributed by atoms with E-state index in [-0.39, 0.29) is 24.4 Å². The van der Waals surface area contributed by atoms with Crippen molar-refractivity contribution in [3.63, 3.8) is 0 Å². The molecule has 0 amide bonds. The third-order valence-corrected chi connectivity index (χ3v) is 4.41. The van der Waals surface area contributed by atoms with E-state index in [9.17, 15) is 0 Å². The van der Waals surface area contributed by atoms with Crippen molar-refractivity contribution < 1.29 is 9.47 Å². The Bertz CT molecular complexity index is 403. The summed E-state index contributed by atoms with van der Waals surface area (Å²) in [5.74, 6) is 0. The summed E-state index contributed by atoms with van der Waals surface area (Å²) in [7, 11) is 0. The Morgan fingerprint density at radius 1 is 1.37 bits per heavy atom. The second kappa shape index (κ2) is 7.25. The first-order valence-corrected chi connectivity index (χ1v) is 8.61. The summed E-state index contributed by atoms with van der Waals surface area (Å²) in [5, 5.41) is 0.768. The van der Waals surface area contributed by atoms with Gasteiger partial charge in [0.25, 0.3) is 0 Å². The van der Waals surface area contributed by atoms with Gasteiger partial charge in [0.15, 0.2) is 0 Å². The van der Waals surface area contributed by atoms with Crippen LogP contribution in [0.2, 0.25) is 5.02 Å². The van der Waals surface area contributed by atoms with Crippen LogP contribution in [0.25, 0.3) is 0 Å². The van der Waals surface area contributed by atoms with Gasteiger partial charge in [-0.3, -0.25) is 0 Å². The normalized spacial score (nSPS) is 29.2. The lowest BCUT2D eigenvalue weighted by atomic mass is 10.0. The number of halogens is 2. The zero-order chi connectivity index (χ0) is 13.8. The molecule has 2 nitrogen and oxygen atoms in total. The van der Waals surface area contributed by atoms with Gasteiger partial charge in [0.05, 0.1) is 24.4 Å². The molecule has 1 fully saturated rings. The van der Waals surface area contributed by atoms with Gasteiger partial charge in [0.2, 0.25) is 0 Å². The second-order valence-corrected chi connectivity index (χ2v) is 6.50. The number of hydrogen-bond acceptors (Lipinski definition) is 2. The minimum Gasteiger partial charge on any atom is -0.375 e. The summed E-state index contributed by atoms with van der Waals surface area (Å²) in [6, 6.07) is 7.96. The molecule has 0 aliphatic carbocycles. The van der Waals surface area contributed by atoms with Crippen LogP contribution in [0.15, 0.2) is 24.3 Å². The molecule has 1 aliphatic rings. The molecule has 1 heterocycles. The molecule has 0 spiro atoms. The number of rotatable bonds is 4. The predicted octanol–water partition coefficient (Wildman–Crippen LogP) is 4.79. The molecule has 0 aromatic heterocycles. The summed E-state index contributed by atoms with van der Waals surface area (Å²) in [6.07, 6.45) is 2.89. The van der Waals surface area contributed by atoms with Crippen LogP contribution in [-0.2, 0) is 9.47 Å². The van der Waals surface area contributed by atoms with Crippen molar-refractivity contribution in [2.24, 2.45) is 0 Å². The van der Waals surface area contributed by atoms with Crippen molar-refractivity contribution in [2.75, 3.05) is 4.43 Å². The first kappa shape index (κ1) is 15.5. The summed E-state index contributed by atoms with van der Waals surface area (Å²) in [5.41, 5.74) is 1.16. The molecule has 0 N–H and O–H groups in total. The SMILES string of the molecule is CC1CC(OC(CI)c2cccc(Cl)c2)CC(C)O1. The Balaban J connectivity index is 2.02. The predicted molar refractivity (Wildman–Crippen MR) is 87.2 cm³/mol. The summed E-state index contributed by atoms with van der Waals surface area (Å²) < 4.78 is 13.0. The molecule has 1 saturated heterocycles. The van der Waals surface area contributed by atoms with Crippen molar-refractivity contribution in [3.8, 4) is 0 Å². The highest BCUT2D eigenvalue weighted by Crippen LogP contribution is 2.29. The van der Waals surface area contributed by atoms with Crippen molar-refractivity contribution in [2.45, 2.75) is 51.1 Å². The van der Waals surface area contributed by atoms with E-state index in [1.165, 1.54) is 0 Å². The van der Waals surface area contributed by atoms with E-state index < -0.39 is 0 Å². The van der Waals surface area contributed by atoms with Crippen molar-refractivity contribution in [1.82, 2.24) is 0 Å². The Morgan fingerprint density at radius 3 is 2.63 bits per heavy atom. The molecule has 1 aromatic rings. The van der Waals surface area contributed by atoms with Crippen molar-refractivity contribution in [3.05, 3.63) is 34.9 Å². The molecule has 3 unspecified atom stereocenters. The topological polar surface area (TPSA) is 18.5 Å². The largest absolute Gasteiger partial charge is 0.375 e. The van der Waals surface area contributed by atoms with E-state index in [1.807, 2.05) is 18.2 Å². The molecule has 1 aromatic carbocycles. The van der Waals surface area contributed by atoms with E-state index in [0.717, 1.165) is 27.9 Å². The van der Waals surface area contributed by atoms with Crippen LogP contribution in [0.5, 0.6) is 0 Å². The van der Waals surface area contributed by atoms with Gasteiger partial charge in [-0.25, -0.2) is 0 Å². The maximum Gasteiger partial charge on any atom is 0.0918 e. The third-order valence-electron chi connectivity index (χ3n) is 3.37. The maximum atomic E-state index is 6.28. The quantitative estimate of drug-likeness (QED) is 0.540. The molecule has 19 heavy (non-hydrogen) atoms. The van der Waals surface area contributed by atoms with E-state index in [1.54, 1.807) is 0 Å². The summed E-state index contributed by atoms with van der Waals surface area (Å²) in [4.78, 5) is 0. The lowest BCUT2D eigenvalue weighted by Crippen LogP contribution is -2.35. The molecule has 0 saturated carbocycles. The molecular weight excluding hydrogens is 375 g/mol. The van der Waals surface area contributed by atoms with Gasteiger partial charge in [0.1, 0.15) is 0 Å². The Labute approximate surface area is 134 Å². The molecule has 1 aliphatic heterocycles. The Kier molecular flexibility index (Phi) is 5.93. The van der Waals surface area contributed by atoms with Crippen LogP contribution in [0.1, 0.15) is 38.4 Å². The van der Waals surface area contributed by atoms with Gasteiger partial charge >= 0.3 is 0 Å². The minimum atomic E-state index is 0.113. The molecule has 0 radical (unpaired) electrons. The minimum absolute atomic E-state index is 0.113. The van der Waals surface area contributed by atoms with Gasteiger partial charge in [-0.1, -0.05) is 46.3 Å². The zero-order valence-electron chi connectivity index (χ0n) is 11.3. The number of benzene rings is 1. The average Bonchev–Trinajstić information content (AvgIpc) is 2.34. The van der Waals surface area contributed by atoms with Crippen molar-refractivity contribution in [1.29, 1.82) is 0 Å². The highest BCUT2D eigenvalue weighted by molar-refractivity contribution is 14.1. The number of alkyl halides is 1. The molecule has 4 heteroatoms. The lowest BCUT2D eigenvalue weighted by molar-refractivity contribution is -0.118. The molecular formula is C15H20ClIO2. The fourth-order valence-electron chi connectivity index (χ4n) is 2.60. The molecule has 3 atom stereocenters. The van der Waals surface area contributed by atoms with Gasteiger partial charge in [0, 0.05) is 9.45 Å². The van der Waals surface area contributed by atoms with Crippen LogP contribution >= 0.6 is 34.2 Å². The standard InChI is InChI=1S/C15H20ClIO2/c1-10-6-14(7-11(2)18-10)19-15(9-17)12-4-3-5-13(16)8-12/h3-5,8,10-11,14-15H,6-7,9H2,1-2H3. The van der Waals surface area contributed by atoms with E-state index in [4.69, 9.17) is 21.1 Å². The zero-order valence-corrected chi connectivity index (χ0v) is 14.2. The van der Waals surface area contributed by atoms with Gasteiger partial charge in [-0.05, 0) is 44.4 Å². The van der Waals surface area contributed by atoms with Crippen LogP contribution in [0.4, 0.5) is 0 Å². The van der Waals surface area contributed by atoms with Crippen LogP contribution in [-0.4, -0.2) is 22.7 Å². The lowest BCUT2D eigenvalue weighted by Gasteiger charge is -2.34. The Hall–Kier alpha value is 0.160. The summed E-state index contributed by atoms with van der Waals surface area (Å²) >= 11 is 8.43. The van der Waals surface area contributed by atoms with Gasteiger partial charge in [-0.2, -0.15) is 0 Å². The monoisotopic (exact) mass is 394 g/mol. The van der Waals surface area contributed by atoms with Crippen LogP contribution < -0.4 is 0 Å². The highest BCUT2D eigenvalue weighted by Gasteiger charge is 2.27. The van der Waals surface area contributed by atoms with Crippen LogP contribution in [0, 0.1) is 0 Å².